The van der Waals surface area contributed by atoms with E-state index < -0.39 is 11.7 Å². The second-order valence-electron chi connectivity index (χ2n) is 4.23. The van der Waals surface area contributed by atoms with E-state index in [-0.39, 0.29) is 0 Å². The summed E-state index contributed by atoms with van der Waals surface area (Å²) in [7, 11) is 0. The molecular formula is C11H11F3N2S2. The molecule has 2 heterocycles. The number of hydrogen-bond acceptors (Lipinski definition) is 4. The fraction of sp³-hybridized carbons (Fsp3) is 0.455. The number of halogens is 3. The molecule has 0 saturated heterocycles. The third-order valence-corrected chi connectivity index (χ3v) is 4.66. The zero-order valence-corrected chi connectivity index (χ0v) is 11.4. The van der Waals surface area contributed by atoms with Crippen molar-refractivity contribution in [2.75, 3.05) is 5.75 Å². The highest BCUT2D eigenvalue weighted by atomic mass is 32.2. The lowest BCUT2D eigenvalue weighted by atomic mass is 10.3. The van der Waals surface area contributed by atoms with E-state index in [4.69, 9.17) is 0 Å². The molecule has 0 aliphatic rings. The fourth-order valence-electron chi connectivity index (χ4n) is 1.25. The number of alkyl halides is 3. The Morgan fingerprint density at radius 1 is 1.39 bits per heavy atom. The largest absolute Gasteiger partial charge is 0.417 e. The Bertz CT molecular complexity index is 549. The topological polar surface area (TPSA) is 25.8 Å². The first-order valence-electron chi connectivity index (χ1n) is 5.33. The molecule has 0 bridgehead atoms. The van der Waals surface area contributed by atoms with Crippen LogP contribution in [0.1, 0.15) is 19.4 Å². The van der Waals surface area contributed by atoms with Gasteiger partial charge in [0.05, 0.1) is 10.3 Å². The first kappa shape index (κ1) is 13.6. The molecule has 0 fully saturated rings. The van der Waals surface area contributed by atoms with Gasteiger partial charge in [0.2, 0.25) is 0 Å². The summed E-state index contributed by atoms with van der Waals surface area (Å²) < 4.78 is 38.8. The maximum atomic E-state index is 12.5. The summed E-state index contributed by atoms with van der Waals surface area (Å²) in [6, 6.07) is 1.11. The normalized spacial score (nSPS) is 12.6. The number of nitrogens with zero attached hydrogens (tertiary/aromatic N) is 2. The molecule has 2 aromatic heterocycles. The number of thioether (sulfide) groups is 1. The maximum Gasteiger partial charge on any atom is 0.417 e. The first-order chi connectivity index (χ1) is 8.36. The predicted octanol–water partition coefficient (Wildman–Crippen LogP) is 4.46. The maximum absolute atomic E-state index is 12.5. The Balaban J connectivity index is 2.28. The van der Waals surface area contributed by atoms with Crippen LogP contribution >= 0.6 is 23.1 Å². The van der Waals surface area contributed by atoms with Gasteiger partial charge in [0.15, 0.2) is 9.99 Å². The van der Waals surface area contributed by atoms with E-state index in [1.165, 1.54) is 11.3 Å². The third kappa shape index (κ3) is 3.14. The van der Waals surface area contributed by atoms with Gasteiger partial charge in [-0.3, -0.25) is 0 Å². The Morgan fingerprint density at radius 3 is 2.72 bits per heavy atom. The molecule has 0 atom stereocenters. The number of aromatic nitrogens is 2. The third-order valence-electron chi connectivity index (χ3n) is 2.09. The van der Waals surface area contributed by atoms with Crippen LogP contribution in [0.2, 0.25) is 0 Å². The van der Waals surface area contributed by atoms with Crippen LogP contribution < -0.4 is 0 Å². The second kappa shape index (κ2) is 5.05. The molecule has 0 N–H and O–H groups in total. The molecule has 0 aliphatic heterocycles. The van der Waals surface area contributed by atoms with E-state index in [2.05, 4.69) is 23.8 Å². The van der Waals surface area contributed by atoms with Crippen LogP contribution in [0.3, 0.4) is 0 Å². The lowest BCUT2D eigenvalue weighted by Crippen LogP contribution is -2.04. The average Bonchev–Trinajstić information content (AvgIpc) is 2.66. The van der Waals surface area contributed by atoms with Gasteiger partial charge in [0, 0.05) is 11.9 Å². The molecule has 7 heteroatoms. The van der Waals surface area contributed by atoms with Gasteiger partial charge in [0.25, 0.3) is 0 Å². The van der Waals surface area contributed by atoms with Gasteiger partial charge in [-0.25, -0.2) is 9.97 Å². The van der Waals surface area contributed by atoms with Crippen molar-refractivity contribution in [2.24, 2.45) is 5.92 Å². The first-order valence-corrected chi connectivity index (χ1v) is 7.13. The van der Waals surface area contributed by atoms with Crippen molar-refractivity contribution in [2.45, 2.75) is 24.4 Å². The number of thiazole rings is 1. The molecule has 0 aliphatic carbocycles. The summed E-state index contributed by atoms with van der Waals surface area (Å²) in [5.74, 6) is 1.41. The molecular weight excluding hydrogens is 281 g/mol. The molecule has 2 aromatic rings. The van der Waals surface area contributed by atoms with Gasteiger partial charge in [-0.15, -0.1) is 11.3 Å². The van der Waals surface area contributed by atoms with Gasteiger partial charge in [-0.05, 0) is 12.0 Å². The second-order valence-corrected chi connectivity index (χ2v) is 6.53. The quantitative estimate of drug-likeness (QED) is 0.781. The van der Waals surface area contributed by atoms with E-state index >= 15 is 0 Å². The van der Waals surface area contributed by atoms with Crippen LogP contribution in [-0.2, 0) is 6.18 Å². The van der Waals surface area contributed by atoms with Crippen molar-refractivity contribution in [1.82, 2.24) is 9.97 Å². The van der Waals surface area contributed by atoms with Crippen molar-refractivity contribution in [3.8, 4) is 0 Å². The Hall–Kier alpha value is -0.820. The Kier molecular flexibility index (Phi) is 3.82. The summed E-state index contributed by atoms with van der Waals surface area (Å²) in [5.41, 5.74) is -0.335. The lowest BCUT2D eigenvalue weighted by molar-refractivity contribution is -0.137. The van der Waals surface area contributed by atoms with Crippen LogP contribution in [0.4, 0.5) is 13.2 Å². The summed E-state index contributed by atoms with van der Waals surface area (Å²) in [4.78, 5) is 7.97. The standard InChI is InChI=1S/C11H11F3N2S2/c1-6(2)5-17-10-16-9-8(18-10)3-7(4-15-9)11(12,13)14/h3-4,6H,5H2,1-2H3. The lowest BCUT2D eigenvalue weighted by Gasteiger charge is -2.04. The van der Waals surface area contributed by atoms with E-state index in [1.54, 1.807) is 11.8 Å². The van der Waals surface area contributed by atoms with Gasteiger partial charge < -0.3 is 0 Å². The minimum absolute atomic E-state index is 0.388. The highest BCUT2D eigenvalue weighted by Gasteiger charge is 2.31. The van der Waals surface area contributed by atoms with Crippen LogP contribution in [0.15, 0.2) is 16.6 Å². The molecule has 2 nitrogen and oxygen atoms in total. The average molecular weight is 292 g/mol. The minimum Gasteiger partial charge on any atom is -0.235 e. The van der Waals surface area contributed by atoms with Crippen LogP contribution in [0.25, 0.3) is 10.3 Å². The molecule has 98 valence electrons. The van der Waals surface area contributed by atoms with Gasteiger partial charge in [0.1, 0.15) is 0 Å². The van der Waals surface area contributed by atoms with Gasteiger partial charge in [-0.1, -0.05) is 25.6 Å². The molecule has 0 radical (unpaired) electrons. The van der Waals surface area contributed by atoms with Crippen LogP contribution in [-0.4, -0.2) is 15.7 Å². The van der Waals surface area contributed by atoms with Crippen LogP contribution in [0, 0.1) is 5.92 Å². The molecule has 0 aromatic carbocycles. The summed E-state index contributed by atoms with van der Waals surface area (Å²) in [5, 5.41) is 0. The predicted molar refractivity (Wildman–Crippen MR) is 68.0 cm³/mol. The number of pyridine rings is 1. The van der Waals surface area contributed by atoms with Gasteiger partial charge >= 0.3 is 6.18 Å². The zero-order valence-electron chi connectivity index (χ0n) is 9.78. The fourth-order valence-corrected chi connectivity index (χ4v) is 3.29. The monoisotopic (exact) mass is 292 g/mol. The van der Waals surface area contributed by atoms with E-state index in [0.717, 1.165) is 22.4 Å². The number of rotatable bonds is 3. The summed E-state index contributed by atoms with van der Waals surface area (Å²) >= 11 is 2.81. The SMILES string of the molecule is CC(C)CSc1nc2ncc(C(F)(F)F)cc2s1. The molecule has 18 heavy (non-hydrogen) atoms. The van der Waals surface area contributed by atoms with E-state index in [1.807, 2.05) is 0 Å². The van der Waals surface area contributed by atoms with Crippen LogP contribution in [0.5, 0.6) is 0 Å². The van der Waals surface area contributed by atoms with E-state index in [9.17, 15) is 13.2 Å². The molecule has 0 spiro atoms. The van der Waals surface area contributed by atoms with Gasteiger partial charge in [-0.2, -0.15) is 13.2 Å². The van der Waals surface area contributed by atoms with Crippen molar-refractivity contribution in [3.63, 3.8) is 0 Å². The number of fused-ring (bicyclic) bond motifs is 1. The highest BCUT2D eigenvalue weighted by Crippen LogP contribution is 2.34. The van der Waals surface area contributed by atoms with E-state index in [0.29, 0.717) is 16.3 Å². The molecule has 0 amide bonds. The van der Waals surface area contributed by atoms with Crippen molar-refractivity contribution in [3.05, 3.63) is 17.8 Å². The van der Waals surface area contributed by atoms with Crippen molar-refractivity contribution in [1.29, 1.82) is 0 Å². The minimum atomic E-state index is -4.35. The number of hydrogen-bond donors (Lipinski definition) is 0. The summed E-state index contributed by atoms with van der Waals surface area (Å²) in [6.45, 7) is 4.17. The zero-order chi connectivity index (χ0) is 13.3. The highest BCUT2D eigenvalue weighted by molar-refractivity contribution is 8.01. The molecule has 0 unspecified atom stereocenters. The smallest absolute Gasteiger partial charge is 0.235 e. The van der Waals surface area contributed by atoms with Crippen molar-refractivity contribution >= 4 is 33.4 Å². The molecule has 0 saturated carbocycles. The Labute approximate surface area is 111 Å². The van der Waals surface area contributed by atoms with Crippen molar-refractivity contribution < 1.29 is 13.2 Å². The Morgan fingerprint density at radius 2 is 2.11 bits per heavy atom. The molecule has 2 rings (SSSR count). The summed E-state index contributed by atoms with van der Waals surface area (Å²) in [6.07, 6.45) is -3.52.